The van der Waals surface area contributed by atoms with Crippen LogP contribution in [0.5, 0.6) is 11.5 Å². The van der Waals surface area contributed by atoms with Crippen molar-refractivity contribution in [3.63, 3.8) is 0 Å². The standard InChI is InChI=1S/C25H33NO4/c1-5-6-14-29-24-17-20(2)25(21(3)18-24)30-16-15-28-19-23-11-9-22(10-12-23)8-7-13-26-27-4/h5-6,9-13,17-18H,7-8,14-16,19H2,1-4H3/b6-5+,26-13?. The maximum atomic E-state index is 5.95. The summed E-state index contributed by atoms with van der Waals surface area (Å²) >= 11 is 0. The van der Waals surface area contributed by atoms with E-state index in [0.29, 0.717) is 26.4 Å². The molecule has 2 aromatic carbocycles. The summed E-state index contributed by atoms with van der Waals surface area (Å²) in [5.41, 5.74) is 4.56. The molecule has 0 N–H and O–H groups in total. The molecule has 0 aliphatic rings. The van der Waals surface area contributed by atoms with Gasteiger partial charge in [-0.3, -0.25) is 0 Å². The maximum absolute atomic E-state index is 5.95. The van der Waals surface area contributed by atoms with Crippen LogP contribution in [0, 0.1) is 13.8 Å². The van der Waals surface area contributed by atoms with Gasteiger partial charge in [-0.05, 0) is 68.0 Å². The summed E-state index contributed by atoms with van der Waals surface area (Å²) in [6.45, 7) is 8.25. The van der Waals surface area contributed by atoms with E-state index >= 15 is 0 Å². The Kier molecular flexibility index (Phi) is 10.5. The maximum Gasteiger partial charge on any atom is 0.125 e. The number of benzene rings is 2. The molecule has 5 heteroatoms. The van der Waals surface area contributed by atoms with E-state index in [1.165, 1.54) is 5.56 Å². The number of nitrogens with zero attached hydrogens (tertiary/aromatic N) is 1. The topological polar surface area (TPSA) is 49.3 Å². The van der Waals surface area contributed by atoms with Crippen molar-refractivity contribution in [1.82, 2.24) is 0 Å². The number of rotatable bonds is 13. The average Bonchev–Trinajstić information content (AvgIpc) is 2.74. The summed E-state index contributed by atoms with van der Waals surface area (Å²) < 4.78 is 17.4. The van der Waals surface area contributed by atoms with Gasteiger partial charge in [-0.2, -0.15) is 0 Å². The predicted molar refractivity (Wildman–Crippen MR) is 122 cm³/mol. The van der Waals surface area contributed by atoms with Crippen LogP contribution in [-0.4, -0.2) is 33.1 Å². The zero-order valence-corrected chi connectivity index (χ0v) is 18.5. The van der Waals surface area contributed by atoms with E-state index in [-0.39, 0.29) is 0 Å². The molecule has 30 heavy (non-hydrogen) atoms. The molecule has 162 valence electrons. The molecule has 0 unspecified atom stereocenters. The van der Waals surface area contributed by atoms with E-state index in [0.717, 1.165) is 41.0 Å². The molecular formula is C25H33NO4. The quantitative estimate of drug-likeness (QED) is 0.191. The lowest BCUT2D eigenvalue weighted by atomic mass is 10.1. The molecule has 0 saturated heterocycles. The number of hydrogen-bond donors (Lipinski definition) is 0. The molecule has 0 heterocycles. The summed E-state index contributed by atoms with van der Waals surface area (Å²) in [6.07, 6.45) is 7.55. The van der Waals surface area contributed by atoms with Crippen LogP contribution in [0.4, 0.5) is 0 Å². The molecule has 0 radical (unpaired) electrons. The molecule has 0 aliphatic carbocycles. The van der Waals surface area contributed by atoms with Crippen LogP contribution in [0.2, 0.25) is 0 Å². The van der Waals surface area contributed by atoms with Gasteiger partial charge in [0.1, 0.15) is 31.8 Å². The Bertz CT molecular complexity index is 789. The van der Waals surface area contributed by atoms with Crippen LogP contribution in [-0.2, 0) is 22.6 Å². The highest BCUT2D eigenvalue weighted by Gasteiger charge is 2.07. The minimum Gasteiger partial charge on any atom is -0.491 e. The summed E-state index contributed by atoms with van der Waals surface area (Å²) in [7, 11) is 1.55. The second kappa shape index (κ2) is 13.4. The van der Waals surface area contributed by atoms with Crippen molar-refractivity contribution in [3.05, 3.63) is 70.8 Å². The summed E-state index contributed by atoms with van der Waals surface area (Å²) in [5, 5.41) is 3.75. The summed E-state index contributed by atoms with van der Waals surface area (Å²) in [6, 6.07) is 12.5. The monoisotopic (exact) mass is 411 g/mol. The highest BCUT2D eigenvalue weighted by molar-refractivity contribution is 5.56. The van der Waals surface area contributed by atoms with Crippen LogP contribution in [0.1, 0.15) is 35.6 Å². The average molecular weight is 412 g/mol. The lowest BCUT2D eigenvalue weighted by molar-refractivity contribution is 0.0884. The van der Waals surface area contributed by atoms with Crippen molar-refractivity contribution in [3.8, 4) is 11.5 Å². The van der Waals surface area contributed by atoms with Gasteiger partial charge in [0.05, 0.1) is 13.2 Å². The molecule has 0 aliphatic heterocycles. The predicted octanol–water partition coefficient (Wildman–Crippen LogP) is 5.42. The normalized spacial score (nSPS) is 11.3. The van der Waals surface area contributed by atoms with E-state index < -0.39 is 0 Å². The molecule has 0 saturated carbocycles. The Morgan fingerprint density at radius 3 is 2.30 bits per heavy atom. The molecule has 0 spiro atoms. The first kappa shape index (κ1) is 23.5. The Morgan fingerprint density at radius 2 is 1.63 bits per heavy atom. The Labute approximate surface area is 180 Å². The van der Waals surface area contributed by atoms with Gasteiger partial charge in [-0.15, -0.1) is 0 Å². The van der Waals surface area contributed by atoms with Crippen molar-refractivity contribution in [2.75, 3.05) is 26.9 Å². The third kappa shape index (κ3) is 8.29. The van der Waals surface area contributed by atoms with Gasteiger partial charge < -0.3 is 19.0 Å². The van der Waals surface area contributed by atoms with Crippen molar-refractivity contribution in [2.45, 2.75) is 40.2 Å². The number of allylic oxidation sites excluding steroid dienone is 1. The minimum atomic E-state index is 0.511. The van der Waals surface area contributed by atoms with E-state index in [2.05, 4.69) is 34.3 Å². The molecular weight excluding hydrogens is 378 g/mol. The van der Waals surface area contributed by atoms with Crippen LogP contribution >= 0.6 is 0 Å². The third-order valence-corrected chi connectivity index (χ3v) is 4.52. The first-order chi connectivity index (χ1) is 14.6. The molecule has 0 fully saturated rings. The molecule has 0 aromatic heterocycles. The second-order valence-electron chi connectivity index (χ2n) is 6.99. The van der Waals surface area contributed by atoms with Gasteiger partial charge >= 0.3 is 0 Å². The van der Waals surface area contributed by atoms with Crippen LogP contribution in [0.3, 0.4) is 0 Å². The number of hydrogen-bond acceptors (Lipinski definition) is 5. The van der Waals surface area contributed by atoms with Gasteiger partial charge in [-0.1, -0.05) is 41.6 Å². The zero-order valence-electron chi connectivity index (χ0n) is 18.5. The number of oxime groups is 1. The van der Waals surface area contributed by atoms with Crippen LogP contribution in [0.15, 0.2) is 53.7 Å². The number of ether oxygens (including phenoxy) is 3. The fraction of sp³-hybridized carbons (Fsp3) is 0.400. The SMILES string of the molecule is C/C=C/COc1cc(C)c(OCCOCc2ccc(CCC=NOC)cc2)c(C)c1. The van der Waals surface area contributed by atoms with E-state index in [4.69, 9.17) is 14.2 Å². The Balaban J connectivity index is 1.71. The highest BCUT2D eigenvalue weighted by Crippen LogP contribution is 2.28. The smallest absolute Gasteiger partial charge is 0.125 e. The highest BCUT2D eigenvalue weighted by atomic mass is 16.6. The van der Waals surface area contributed by atoms with Crippen molar-refractivity contribution in [1.29, 1.82) is 0 Å². The van der Waals surface area contributed by atoms with E-state index in [1.807, 2.05) is 45.1 Å². The first-order valence-corrected chi connectivity index (χ1v) is 10.3. The lowest BCUT2D eigenvalue weighted by Crippen LogP contribution is -2.08. The molecule has 0 bridgehead atoms. The first-order valence-electron chi connectivity index (χ1n) is 10.3. The Hall–Kier alpha value is -2.79. The number of aryl methyl sites for hydroxylation is 3. The summed E-state index contributed by atoms with van der Waals surface area (Å²) in [4.78, 5) is 4.66. The van der Waals surface area contributed by atoms with Crippen molar-refractivity contribution < 1.29 is 19.0 Å². The van der Waals surface area contributed by atoms with Crippen LogP contribution < -0.4 is 9.47 Å². The molecule has 2 rings (SSSR count). The second-order valence-corrected chi connectivity index (χ2v) is 6.99. The molecule has 2 aromatic rings. The molecule has 5 nitrogen and oxygen atoms in total. The van der Waals surface area contributed by atoms with Gasteiger partial charge in [0, 0.05) is 6.21 Å². The van der Waals surface area contributed by atoms with Gasteiger partial charge in [0.15, 0.2) is 0 Å². The fourth-order valence-electron chi connectivity index (χ4n) is 3.02. The van der Waals surface area contributed by atoms with Crippen LogP contribution in [0.25, 0.3) is 0 Å². The van der Waals surface area contributed by atoms with E-state index in [9.17, 15) is 0 Å². The van der Waals surface area contributed by atoms with Gasteiger partial charge in [-0.25, -0.2) is 0 Å². The third-order valence-electron chi connectivity index (χ3n) is 4.52. The van der Waals surface area contributed by atoms with Crippen molar-refractivity contribution in [2.24, 2.45) is 5.16 Å². The lowest BCUT2D eigenvalue weighted by Gasteiger charge is -2.14. The van der Waals surface area contributed by atoms with Crippen molar-refractivity contribution >= 4 is 6.21 Å². The minimum absolute atomic E-state index is 0.511. The largest absolute Gasteiger partial charge is 0.491 e. The van der Waals surface area contributed by atoms with Gasteiger partial charge in [0.2, 0.25) is 0 Å². The fourth-order valence-corrected chi connectivity index (χ4v) is 3.02. The van der Waals surface area contributed by atoms with E-state index in [1.54, 1.807) is 13.3 Å². The summed E-state index contributed by atoms with van der Waals surface area (Å²) in [5.74, 6) is 1.76. The zero-order chi connectivity index (χ0) is 21.6. The Morgan fingerprint density at radius 1 is 0.933 bits per heavy atom. The van der Waals surface area contributed by atoms with Gasteiger partial charge in [0.25, 0.3) is 0 Å². The molecule has 0 atom stereocenters. The molecule has 0 amide bonds.